The molecule has 0 atom stereocenters. The lowest BCUT2D eigenvalue weighted by atomic mass is 10.2. The van der Waals surface area contributed by atoms with Crippen LogP contribution in [0.2, 0.25) is 5.02 Å². The molecule has 0 aliphatic carbocycles. The maximum absolute atomic E-state index is 11.2. The number of rotatable bonds is 4. The highest BCUT2D eigenvalue weighted by Gasteiger charge is 2.13. The lowest BCUT2D eigenvalue weighted by Crippen LogP contribution is -2.13. The van der Waals surface area contributed by atoms with Gasteiger partial charge < -0.3 is 14.8 Å². The van der Waals surface area contributed by atoms with Crippen molar-refractivity contribution in [1.82, 2.24) is 0 Å². The Labute approximate surface area is 103 Å². The number of methoxy groups -OCH3 is 2. The second-order valence-electron chi connectivity index (χ2n) is 2.87. The Morgan fingerprint density at radius 3 is 2.56 bits per heavy atom. The summed E-state index contributed by atoms with van der Waals surface area (Å²) in [6.45, 7) is 0. The van der Waals surface area contributed by atoms with Gasteiger partial charge in [0.15, 0.2) is 0 Å². The van der Waals surface area contributed by atoms with Crippen LogP contribution in [0, 0.1) is 0 Å². The molecule has 0 bridgehead atoms. The topological polar surface area (TPSA) is 47.6 Å². The molecule has 1 rings (SSSR count). The van der Waals surface area contributed by atoms with Gasteiger partial charge >= 0.3 is 0 Å². The van der Waals surface area contributed by atoms with Gasteiger partial charge in [0.25, 0.3) is 0 Å². The van der Waals surface area contributed by atoms with Gasteiger partial charge in [-0.1, -0.05) is 11.6 Å². The van der Waals surface area contributed by atoms with Gasteiger partial charge in [-0.25, -0.2) is 0 Å². The normalized spacial score (nSPS) is 9.75. The highest BCUT2D eigenvalue weighted by Crippen LogP contribution is 2.36. The standard InChI is InChI=1S/C10H11Cl2NO3/c1-15-6-3-7(12)10(8(4-6)16-2)13-9(14)5-11/h3-4H,5H2,1-2H3,(H,13,14). The lowest BCUT2D eigenvalue weighted by Gasteiger charge is -2.12. The fourth-order valence-electron chi connectivity index (χ4n) is 1.13. The third kappa shape index (κ3) is 2.93. The first-order valence-corrected chi connectivity index (χ1v) is 5.31. The summed E-state index contributed by atoms with van der Waals surface area (Å²) >= 11 is 11.4. The summed E-state index contributed by atoms with van der Waals surface area (Å²) in [5.41, 5.74) is 0.385. The Hall–Kier alpha value is -1.13. The second kappa shape index (κ2) is 5.82. The van der Waals surface area contributed by atoms with E-state index in [2.05, 4.69) is 5.32 Å². The number of hydrogen-bond acceptors (Lipinski definition) is 3. The number of halogens is 2. The van der Waals surface area contributed by atoms with Crippen molar-refractivity contribution >= 4 is 34.8 Å². The number of carbonyl (C=O) groups excluding carboxylic acids is 1. The highest BCUT2D eigenvalue weighted by molar-refractivity contribution is 6.35. The maximum atomic E-state index is 11.2. The summed E-state index contributed by atoms with van der Waals surface area (Å²) in [4.78, 5) is 11.2. The number of anilines is 1. The van der Waals surface area contributed by atoms with Crippen molar-refractivity contribution in [1.29, 1.82) is 0 Å². The zero-order valence-corrected chi connectivity index (χ0v) is 10.4. The molecule has 0 saturated carbocycles. The molecular formula is C10H11Cl2NO3. The SMILES string of the molecule is COc1cc(Cl)c(NC(=O)CCl)c(OC)c1. The van der Waals surface area contributed by atoms with Crippen LogP contribution in [0.25, 0.3) is 0 Å². The van der Waals surface area contributed by atoms with E-state index in [0.29, 0.717) is 22.2 Å². The average Bonchev–Trinajstić information content (AvgIpc) is 2.30. The average molecular weight is 264 g/mol. The molecule has 1 aromatic rings. The minimum absolute atomic E-state index is 0.147. The fraction of sp³-hybridized carbons (Fsp3) is 0.300. The summed E-state index contributed by atoms with van der Waals surface area (Å²) in [5, 5.41) is 2.88. The molecule has 1 aromatic carbocycles. The Balaban J connectivity index is 3.11. The van der Waals surface area contributed by atoms with E-state index in [4.69, 9.17) is 32.7 Å². The molecule has 0 aliphatic heterocycles. The predicted octanol–water partition coefficient (Wildman–Crippen LogP) is 2.53. The Morgan fingerprint density at radius 2 is 2.06 bits per heavy atom. The molecule has 0 fully saturated rings. The zero-order valence-electron chi connectivity index (χ0n) is 8.84. The van der Waals surface area contributed by atoms with Crippen LogP contribution in [0.15, 0.2) is 12.1 Å². The van der Waals surface area contributed by atoms with E-state index in [-0.39, 0.29) is 11.8 Å². The Morgan fingerprint density at radius 1 is 1.38 bits per heavy atom. The smallest absolute Gasteiger partial charge is 0.239 e. The third-order valence-electron chi connectivity index (χ3n) is 1.87. The second-order valence-corrected chi connectivity index (χ2v) is 3.54. The first-order chi connectivity index (χ1) is 7.62. The van der Waals surface area contributed by atoms with Gasteiger partial charge in [0.2, 0.25) is 5.91 Å². The molecular weight excluding hydrogens is 253 g/mol. The highest BCUT2D eigenvalue weighted by atomic mass is 35.5. The van der Waals surface area contributed by atoms with E-state index < -0.39 is 0 Å². The quantitative estimate of drug-likeness (QED) is 0.850. The fourth-order valence-corrected chi connectivity index (χ4v) is 1.45. The van der Waals surface area contributed by atoms with Gasteiger partial charge in [0, 0.05) is 12.1 Å². The van der Waals surface area contributed by atoms with Crippen LogP contribution >= 0.6 is 23.2 Å². The lowest BCUT2D eigenvalue weighted by molar-refractivity contribution is -0.113. The molecule has 0 aromatic heterocycles. The molecule has 0 unspecified atom stereocenters. The van der Waals surface area contributed by atoms with Crippen LogP contribution in [0.4, 0.5) is 5.69 Å². The molecule has 1 amide bonds. The van der Waals surface area contributed by atoms with Crippen LogP contribution in [-0.2, 0) is 4.79 Å². The minimum Gasteiger partial charge on any atom is -0.497 e. The molecule has 4 nitrogen and oxygen atoms in total. The maximum Gasteiger partial charge on any atom is 0.239 e. The van der Waals surface area contributed by atoms with Crippen molar-refractivity contribution in [2.75, 3.05) is 25.4 Å². The molecule has 0 saturated heterocycles. The largest absolute Gasteiger partial charge is 0.497 e. The summed E-state index contributed by atoms with van der Waals surface area (Å²) in [6.07, 6.45) is 0. The van der Waals surface area contributed by atoms with Crippen LogP contribution in [0.3, 0.4) is 0 Å². The number of hydrogen-bond donors (Lipinski definition) is 1. The molecule has 0 heterocycles. The summed E-state index contributed by atoms with van der Waals surface area (Å²) < 4.78 is 10.1. The van der Waals surface area contributed by atoms with Gasteiger partial charge in [-0.15, -0.1) is 11.6 Å². The van der Waals surface area contributed by atoms with E-state index in [1.807, 2.05) is 0 Å². The van der Waals surface area contributed by atoms with E-state index in [9.17, 15) is 4.79 Å². The van der Waals surface area contributed by atoms with Crippen LogP contribution < -0.4 is 14.8 Å². The summed E-state index contributed by atoms with van der Waals surface area (Å²) in [6, 6.07) is 3.20. The van der Waals surface area contributed by atoms with Gasteiger partial charge in [0.05, 0.1) is 19.2 Å². The van der Waals surface area contributed by atoms with Crippen molar-refractivity contribution in [3.05, 3.63) is 17.2 Å². The van der Waals surface area contributed by atoms with E-state index in [1.54, 1.807) is 12.1 Å². The third-order valence-corrected chi connectivity index (χ3v) is 2.41. The van der Waals surface area contributed by atoms with Gasteiger partial charge in [0.1, 0.15) is 23.1 Å². The minimum atomic E-state index is -0.355. The molecule has 16 heavy (non-hydrogen) atoms. The number of alkyl halides is 1. The van der Waals surface area contributed by atoms with E-state index in [0.717, 1.165) is 0 Å². The first-order valence-electron chi connectivity index (χ1n) is 4.39. The van der Waals surface area contributed by atoms with Crippen LogP contribution in [0.1, 0.15) is 0 Å². The monoisotopic (exact) mass is 263 g/mol. The van der Waals surface area contributed by atoms with Crippen molar-refractivity contribution in [3.8, 4) is 11.5 Å². The molecule has 1 N–H and O–H groups in total. The zero-order chi connectivity index (χ0) is 12.1. The number of nitrogens with one attached hydrogen (secondary N) is 1. The molecule has 0 spiro atoms. The van der Waals surface area contributed by atoms with Crippen molar-refractivity contribution in [3.63, 3.8) is 0 Å². The predicted molar refractivity (Wildman–Crippen MR) is 63.9 cm³/mol. The van der Waals surface area contributed by atoms with E-state index >= 15 is 0 Å². The molecule has 6 heteroatoms. The van der Waals surface area contributed by atoms with Crippen molar-refractivity contribution in [2.45, 2.75) is 0 Å². The number of amides is 1. The number of ether oxygens (including phenoxy) is 2. The Kier molecular flexibility index (Phi) is 4.71. The molecule has 0 aliphatic rings. The van der Waals surface area contributed by atoms with Gasteiger partial charge in [-0.05, 0) is 0 Å². The molecule has 0 radical (unpaired) electrons. The van der Waals surface area contributed by atoms with Gasteiger partial charge in [-0.3, -0.25) is 4.79 Å². The molecule has 88 valence electrons. The van der Waals surface area contributed by atoms with Crippen LogP contribution in [0.5, 0.6) is 11.5 Å². The van der Waals surface area contributed by atoms with Crippen molar-refractivity contribution < 1.29 is 14.3 Å². The number of carbonyl (C=O) groups is 1. The van der Waals surface area contributed by atoms with E-state index in [1.165, 1.54) is 14.2 Å². The van der Waals surface area contributed by atoms with Crippen molar-refractivity contribution in [2.24, 2.45) is 0 Å². The summed E-state index contributed by atoms with van der Waals surface area (Å²) in [5.74, 6) is 0.464. The van der Waals surface area contributed by atoms with Gasteiger partial charge in [-0.2, -0.15) is 0 Å². The number of benzene rings is 1. The van der Waals surface area contributed by atoms with Crippen LogP contribution in [-0.4, -0.2) is 26.0 Å². The Bertz CT molecular complexity index is 396. The summed E-state index contributed by atoms with van der Waals surface area (Å²) in [7, 11) is 2.99. The first kappa shape index (κ1) is 12.9.